The predicted molar refractivity (Wildman–Crippen MR) is 82.1 cm³/mol. The molecule has 1 aliphatic rings. The molecule has 4 heteroatoms. The van der Waals surface area contributed by atoms with Gasteiger partial charge < -0.3 is 9.32 Å². The maximum atomic E-state index is 13.8. The summed E-state index contributed by atoms with van der Waals surface area (Å²) in [7, 11) is 0. The van der Waals surface area contributed by atoms with Crippen molar-refractivity contribution in [2.24, 2.45) is 0 Å². The zero-order chi connectivity index (χ0) is 14.8. The third-order valence-electron chi connectivity index (χ3n) is 4.16. The van der Waals surface area contributed by atoms with Gasteiger partial charge in [-0.15, -0.1) is 0 Å². The highest BCUT2D eigenvalue weighted by atomic mass is 19.1. The Morgan fingerprint density at radius 3 is 2.43 bits per heavy atom. The second kappa shape index (κ2) is 5.90. The molecular weight excluding hydrogens is 267 g/mol. The number of aryl methyl sites for hydroxylation is 2. The quantitative estimate of drug-likeness (QED) is 0.863. The molecule has 0 aliphatic carbocycles. The Morgan fingerprint density at radius 1 is 1.10 bits per heavy atom. The Kier molecular flexibility index (Phi) is 3.97. The topological polar surface area (TPSA) is 19.6 Å². The van der Waals surface area contributed by atoms with Crippen LogP contribution in [0.1, 0.15) is 17.1 Å². The van der Waals surface area contributed by atoms with Crippen LogP contribution in [0.5, 0.6) is 0 Å². The molecular formula is C17H21FN2O. The normalized spacial score (nSPS) is 16.4. The number of nitrogens with zero attached hydrogens (tertiary/aromatic N) is 2. The number of hydrogen-bond donors (Lipinski definition) is 0. The molecule has 0 N–H and O–H groups in total. The van der Waals surface area contributed by atoms with E-state index in [1.807, 2.05) is 19.1 Å². The lowest BCUT2D eigenvalue weighted by atomic mass is 10.2. The lowest BCUT2D eigenvalue weighted by Crippen LogP contribution is -2.46. The molecule has 0 spiro atoms. The van der Waals surface area contributed by atoms with Crippen LogP contribution >= 0.6 is 0 Å². The first-order valence-corrected chi connectivity index (χ1v) is 7.41. The van der Waals surface area contributed by atoms with E-state index >= 15 is 0 Å². The highest BCUT2D eigenvalue weighted by molar-refractivity contribution is 5.48. The fraction of sp³-hybridized carbons (Fsp3) is 0.412. The molecule has 0 saturated carbocycles. The van der Waals surface area contributed by atoms with Gasteiger partial charge in [-0.25, -0.2) is 4.39 Å². The summed E-state index contributed by atoms with van der Waals surface area (Å²) in [4.78, 5) is 4.47. The van der Waals surface area contributed by atoms with Crippen molar-refractivity contribution >= 4 is 5.69 Å². The van der Waals surface area contributed by atoms with Gasteiger partial charge in [0, 0.05) is 26.2 Å². The number of anilines is 1. The average molecular weight is 288 g/mol. The number of furan rings is 1. The maximum absolute atomic E-state index is 13.8. The summed E-state index contributed by atoms with van der Waals surface area (Å²) in [6.07, 6.45) is 0. The molecule has 0 radical (unpaired) electrons. The third kappa shape index (κ3) is 3.10. The molecule has 112 valence electrons. The fourth-order valence-corrected chi connectivity index (χ4v) is 2.80. The molecule has 1 aromatic carbocycles. The van der Waals surface area contributed by atoms with Gasteiger partial charge in [-0.2, -0.15) is 0 Å². The molecule has 3 nitrogen and oxygen atoms in total. The molecule has 2 aromatic rings. The molecule has 2 heterocycles. The molecule has 3 rings (SSSR count). The lowest BCUT2D eigenvalue weighted by molar-refractivity contribution is 0.229. The Morgan fingerprint density at radius 2 is 1.81 bits per heavy atom. The van der Waals surface area contributed by atoms with E-state index in [4.69, 9.17) is 4.42 Å². The molecule has 0 atom stereocenters. The minimum Gasteiger partial charge on any atom is -0.465 e. The van der Waals surface area contributed by atoms with E-state index in [9.17, 15) is 4.39 Å². The fourth-order valence-electron chi connectivity index (χ4n) is 2.80. The number of hydrogen-bond acceptors (Lipinski definition) is 3. The molecule has 21 heavy (non-hydrogen) atoms. The largest absolute Gasteiger partial charge is 0.465 e. The van der Waals surface area contributed by atoms with Crippen LogP contribution in [0.4, 0.5) is 10.1 Å². The summed E-state index contributed by atoms with van der Waals surface area (Å²) in [6, 6.07) is 9.11. The first-order valence-electron chi connectivity index (χ1n) is 7.41. The van der Waals surface area contributed by atoms with E-state index in [0.717, 1.165) is 44.2 Å². The van der Waals surface area contributed by atoms with E-state index in [2.05, 4.69) is 22.8 Å². The van der Waals surface area contributed by atoms with Crippen LogP contribution in [-0.2, 0) is 6.54 Å². The number of halogens is 1. The second-order valence-corrected chi connectivity index (χ2v) is 5.67. The minimum atomic E-state index is -0.136. The van der Waals surface area contributed by atoms with Gasteiger partial charge in [0.2, 0.25) is 0 Å². The monoisotopic (exact) mass is 288 g/mol. The van der Waals surface area contributed by atoms with Gasteiger partial charge >= 0.3 is 0 Å². The highest BCUT2D eigenvalue weighted by Gasteiger charge is 2.20. The molecule has 0 amide bonds. The second-order valence-electron chi connectivity index (χ2n) is 5.67. The van der Waals surface area contributed by atoms with E-state index in [1.54, 1.807) is 6.07 Å². The Hall–Kier alpha value is -1.81. The van der Waals surface area contributed by atoms with Crippen LogP contribution in [-0.4, -0.2) is 31.1 Å². The van der Waals surface area contributed by atoms with Gasteiger partial charge in [-0.05, 0) is 37.6 Å². The zero-order valence-electron chi connectivity index (χ0n) is 12.6. The van der Waals surface area contributed by atoms with Crippen molar-refractivity contribution in [1.29, 1.82) is 0 Å². The molecule has 0 unspecified atom stereocenters. The number of piperazine rings is 1. The van der Waals surface area contributed by atoms with Gasteiger partial charge in [-0.3, -0.25) is 4.90 Å². The van der Waals surface area contributed by atoms with E-state index in [1.165, 1.54) is 11.6 Å². The smallest absolute Gasteiger partial charge is 0.146 e. The molecule has 0 bridgehead atoms. The van der Waals surface area contributed by atoms with Crippen molar-refractivity contribution in [1.82, 2.24) is 4.90 Å². The summed E-state index contributed by atoms with van der Waals surface area (Å²) in [5, 5.41) is 0. The van der Waals surface area contributed by atoms with Crippen molar-refractivity contribution in [3.63, 3.8) is 0 Å². The number of para-hydroxylation sites is 1. The van der Waals surface area contributed by atoms with Crippen LogP contribution in [0.15, 0.2) is 34.7 Å². The van der Waals surface area contributed by atoms with Crippen LogP contribution in [0.2, 0.25) is 0 Å². The summed E-state index contributed by atoms with van der Waals surface area (Å²) in [6.45, 7) is 8.44. The molecule has 1 aromatic heterocycles. The van der Waals surface area contributed by atoms with Crippen molar-refractivity contribution < 1.29 is 8.81 Å². The van der Waals surface area contributed by atoms with Gasteiger partial charge in [0.25, 0.3) is 0 Å². The summed E-state index contributed by atoms with van der Waals surface area (Å²) in [5.41, 5.74) is 1.91. The number of benzene rings is 1. The Balaban J connectivity index is 1.59. The van der Waals surface area contributed by atoms with Gasteiger partial charge in [0.05, 0.1) is 12.2 Å². The summed E-state index contributed by atoms with van der Waals surface area (Å²) < 4.78 is 19.5. The summed E-state index contributed by atoms with van der Waals surface area (Å²) in [5.74, 6) is 1.88. The summed E-state index contributed by atoms with van der Waals surface area (Å²) >= 11 is 0. The van der Waals surface area contributed by atoms with Crippen LogP contribution in [0.25, 0.3) is 0 Å². The highest BCUT2D eigenvalue weighted by Crippen LogP contribution is 2.21. The maximum Gasteiger partial charge on any atom is 0.146 e. The van der Waals surface area contributed by atoms with Crippen LogP contribution < -0.4 is 4.90 Å². The average Bonchev–Trinajstić information content (AvgIpc) is 2.79. The van der Waals surface area contributed by atoms with E-state index in [-0.39, 0.29) is 5.82 Å². The van der Waals surface area contributed by atoms with Crippen LogP contribution in [0, 0.1) is 19.7 Å². The van der Waals surface area contributed by atoms with Gasteiger partial charge in [-0.1, -0.05) is 12.1 Å². The van der Waals surface area contributed by atoms with Crippen LogP contribution in [0.3, 0.4) is 0 Å². The first-order chi connectivity index (χ1) is 10.1. The molecule has 1 fully saturated rings. The van der Waals surface area contributed by atoms with E-state index in [0.29, 0.717) is 5.69 Å². The Labute approximate surface area is 125 Å². The van der Waals surface area contributed by atoms with Gasteiger partial charge in [0.1, 0.15) is 17.3 Å². The molecule has 1 aliphatic heterocycles. The van der Waals surface area contributed by atoms with Gasteiger partial charge in [0.15, 0.2) is 0 Å². The van der Waals surface area contributed by atoms with Crippen molar-refractivity contribution in [2.45, 2.75) is 20.4 Å². The van der Waals surface area contributed by atoms with Crippen molar-refractivity contribution in [3.05, 3.63) is 53.2 Å². The van der Waals surface area contributed by atoms with Crippen molar-refractivity contribution in [2.75, 3.05) is 31.1 Å². The van der Waals surface area contributed by atoms with E-state index < -0.39 is 0 Å². The Bertz CT molecular complexity index is 596. The number of rotatable bonds is 3. The predicted octanol–water partition coefficient (Wildman–Crippen LogP) is 3.36. The third-order valence-corrected chi connectivity index (χ3v) is 4.16. The standard InChI is InChI=1S/C17H21FN2O/c1-13-11-15(21-14(13)2)12-19-7-9-20(10-8-19)17-6-4-3-5-16(17)18/h3-6,11H,7-10,12H2,1-2H3. The zero-order valence-corrected chi connectivity index (χ0v) is 12.6. The SMILES string of the molecule is Cc1cc(CN2CCN(c3ccccc3F)CC2)oc1C. The first kappa shape index (κ1) is 14.1. The minimum absolute atomic E-state index is 0.136. The molecule has 1 saturated heterocycles. The lowest BCUT2D eigenvalue weighted by Gasteiger charge is -2.35. The van der Waals surface area contributed by atoms with Crippen molar-refractivity contribution in [3.8, 4) is 0 Å².